The fourth-order valence-electron chi connectivity index (χ4n) is 2.75. The average Bonchev–Trinajstić information content (AvgIpc) is 3.14. The van der Waals surface area contributed by atoms with Crippen LogP contribution in [0.15, 0.2) is 30.6 Å². The normalized spacial score (nSPS) is 11.4. The SMILES string of the molecule is CCn1nc(-c2cnc3[nH]cc(C(=O)O)c3n2)c2ccc(Cl)cc21. The predicted octanol–water partition coefficient (Wildman–Crippen LogP) is 3.35. The summed E-state index contributed by atoms with van der Waals surface area (Å²) in [4.78, 5) is 22.8. The number of aryl methyl sites for hydroxylation is 1. The van der Waals surface area contributed by atoms with Gasteiger partial charge in [-0.3, -0.25) is 4.68 Å². The van der Waals surface area contributed by atoms with E-state index in [1.165, 1.54) is 6.20 Å². The van der Waals surface area contributed by atoms with Crippen LogP contribution in [0, 0.1) is 0 Å². The number of carboxylic acid groups (broad SMARTS) is 1. The van der Waals surface area contributed by atoms with Crippen LogP contribution in [0.1, 0.15) is 17.3 Å². The first-order valence-electron chi connectivity index (χ1n) is 7.32. The number of fused-ring (bicyclic) bond motifs is 2. The van der Waals surface area contributed by atoms with E-state index < -0.39 is 5.97 Å². The van der Waals surface area contributed by atoms with E-state index in [1.807, 2.05) is 23.7 Å². The van der Waals surface area contributed by atoms with E-state index in [2.05, 4.69) is 20.1 Å². The van der Waals surface area contributed by atoms with Gasteiger partial charge in [-0.25, -0.2) is 14.8 Å². The van der Waals surface area contributed by atoms with Crippen molar-refractivity contribution < 1.29 is 9.90 Å². The third kappa shape index (κ3) is 2.13. The highest BCUT2D eigenvalue weighted by atomic mass is 35.5. The van der Waals surface area contributed by atoms with Crippen LogP contribution in [0.4, 0.5) is 0 Å². The van der Waals surface area contributed by atoms with Gasteiger partial charge in [-0.15, -0.1) is 0 Å². The number of aromatic amines is 1. The summed E-state index contributed by atoms with van der Waals surface area (Å²) in [6.07, 6.45) is 2.97. The number of hydrogen-bond donors (Lipinski definition) is 2. The molecular weight excluding hydrogens is 330 g/mol. The molecule has 4 rings (SSSR count). The molecule has 3 aromatic heterocycles. The number of benzene rings is 1. The van der Waals surface area contributed by atoms with Crippen molar-refractivity contribution in [2.24, 2.45) is 0 Å². The summed E-state index contributed by atoms with van der Waals surface area (Å²) in [5, 5.41) is 15.4. The zero-order valence-electron chi connectivity index (χ0n) is 12.6. The fourth-order valence-corrected chi connectivity index (χ4v) is 2.91. The lowest BCUT2D eigenvalue weighted by molar-refractivity contribution is 0.0699. The molecule has 0 saturated carbocycles. The largest absolute Gasteiger partial charge is 0.478 e. The van der Waals surface area contributed by atoms with Crippen LogP contribution in [0.5, 0.6) is 0 Å². The first kappa shape index (κ1) is 14.6. The van der Waals surface area contributed by atoms with Crippen LogP contribution >= 0.6 is 11.6 Å². The summed E-state index contributed by atoms with van der Waals surface area (Å²) < 4.78 is 1.83. The summed E-state index contributed by atoms with van der Waals surface area (Å²) in [6.45, 7) is 2.66. The second kappa shape index (κ2) is 5.31. The van der Waals surface area contributed by atoms with Crippen molar-refractivity contribution in [3.63, 3.8) is 0 Å². The average molecular weight is 342 g/mol. The minimum absolute atomic E-state index is 0.0848. The van der Waals surface area contributed by atoms with Gasteiger partial charge < -0.3 is 10.1 Å². The Morgan fingerprint density at radius 2 is 2.25 bits per heavy atom. The van der Waals surface area contributed by atoms with E-state index in [1.54, 1.807) is 12.3 Å². The number of nitrogens with one attached hydrogen (secondary N) is 1. The summed E-state index contributed by atoms with van der Waals surface area (Å²) in [7, 11) is 0. The maximum Gasteiger partial charge on any atom is 0.339 e. The van der Waals surface area contributed by atoms with Gasteiger partial charge in [0, 0.05) is 23.2 Å². The van der Waals surface area contributed by atoms with E-state index in [-0.39, 0.29) is 5.56 Å². The Balaban J connectivity index is 1.99. The molecule has 0 aliphatic rings. The molecule has 0 unspecified atom stereocenters. The van der Waals surface area contributed by atoms with Crippen LogP contribution < -0.4 is 0 Å². The van der Waals surface area contributed by atoms with Crippen molar-refractivity contribution in [1.29, 1.82) is 0 Å². The number of rotatable bonds is 3. The Morgan fingerprint density at radius 1 is 1.42 bits per heavy atom. The summed E-state index contributed by atoms with van der Waals surface area (Å²) in [5.74, 6) is -1.05. The summed E-state index contributed by atoms with van der Waals surface area (Å²) >= 11 is 6.08. The van der Waals surface area contributed by atoms with Gasteiger partial charge >= 0.3 is 5.97 Å². The Hall–Kier alpha value is -2.93. The van der Waals surface area contributed by atoms with Crippen LogP contribution in [-0.4, -0.2) is 35.8 Å². The molecule has 4 aromatic rings. The summed E-state index contributed by atoms with van der Waals surface area (Å²) in [6, 6.07) is 5.52. The van der Waals surface area contributed by atoms with E-state index in [4.69, 9.17) is 11.6 Å². The number of H-pyrrole nitrogens is 1. The van der Waals surface area contributed by atoms with Crippen LogP contribution in [0.25, 0.3) is 33.5 Å². The highest BCUT2D eigenvalue weighted by Crippen LogP contribution is 2.29. The number of halogens is 1. The molecule has 3 heterocycles. The van der Waals surface area contributed by atoms with Crippen molar-refractivity contribution in [1.82, 2.24) is 24.7 Å². The molecular formula is C16H12ClN5O2. The molecule has 0 bridgehead atoms. The molecule has 120 valence electrons. The zero-order chi connectivity index (χ0) is 16.8. The zero-order valence-corrected chi connectivity index (χ0v) is 13.4. The fraction of sp³-hybridized carbons (Fsp3) is 0.125. The third-order valence-corrected chi connectivity index (χ3v) is 4.10. The number of nitrogens with zero attached hydrogens (tertiary/aromatic N) is 4. The maximum absolute atomic E-state index is 11.3. The molecule has 0 atom stereocenters. The lowest BCUT2D eigenvalue weighted by Crippen LogP contribution is -1.98. The number of aromatic nitrogens is 5. The van der Waals surface area contributed by atoms with Crippen LogP contribution in [-0.2, 0) is 6.54 Å². The second-order valence-electron chi connectivity index (χ2n) is 5.29. The molecule has 24 heavy (non-hydrogen) atoms. The van der Waals surface area contributed by atoms with Gasteiger partial charge in [0.2, 0.25) is 0 Å². The number of carboxylic acids is 1. The first-order valence-corrected chi connectivity index (χ1v) is 7.70. The molecule has 0 spiro atoms. The van der Waals surface area contributed by atoms with Crippen molar-refractivity contribution in [3.8, 4) is 11.4 Å². The molecule has 1 aromatic carbocycles. The van der Waals surface area contributed by atoms with Crippen molar-refractivity contribution in [2.45, 2.75) is 13.5 Å². The van der Waals surface area contributed by atoms with E-state index in [0.29, 0.717) is 34.1 Å². The second-order valence-corrected chi connectivity index (χ2v) is 5.72. The van der Waals surface area contributed by atoms with Crippen molar-refractivity contribution in [3.05, 3.63) is 41.2 Å². The molecule has 0 saturated heterocycles. The molecule has 7 nitrogen and oxygen atoms in total. The molecule has 2 N–H and O–H groups in total. The smallest absolute Gasteiger partial charge is 0.339 e. The monoisotopic (exact) mass is 341 g/mol. The van der Waals surface area contributed by atoms with Crippen LogP contribution in [0.3, 0.4) is 0 Å². The topological polar surface area (TPSA) is 96.7 Å². The molecule has 0 amide bonds. The van der Waals surface area contributed by atoms with Gasteiger partial charge in [-0.1, -0.05) is 11.6 Å². The van der Waals surface area contributed by atoms with Crippen LogP contribution in [0.2, 0.25) is 5.02 Å². The number of carbonyl (C=O) groups is 1. The molecule has 0 aliphatic heterocycles. The Labute approximate surface area is 140 Å². The van der Waals surface area contributed by atoms with Gasteiger partial charge in [0.1, 0.15) is 22.5 Å². The van der Waals surface area contributed by atoms with E-state index in [0.717, 1.165) is 10.9 Å². The van der Waals surface area contributed by atoms with Gasteiger partial charge in [-0.2, -0.15) is 5.10 Å². The van der Waals surface area contributed by atoms with Gasteiger partial charge in [0.15, 0.2) is 5.65 Å². The Kier molecular flexibility index (Phi) is 3.24. The predicted molar refractivity (Wildman–Crippen MR) is 90.3 cm³/mol. The van der Waals surface area contributed by atoms with Gasteiger partial charge in [-0.05, 0) is 25.1 Å². The molecule has 0 fully saturated rings. The Morgan fingerprint density at radius 3 is 3.00 bits per heavy atom. The lowest BCUT2D eigenvalue weighted by atomic mass is 10.1. The van der Waals surface area contributed by atoms with Crippen molar-refractivity contribution in [2.75, 3.05) is 0 Å². The molecule has 0 radical (unpaired) electrons. The van der Waals surface area contributed by atoms with Crippen molar-refractivity contribution >= 4 is 39.6 Å². The standard InChI is InChI=1S/C16H12ClN5O2/c1-2-22-12-5-8(17)3-4-9(12)13(21-22)11-7-19-15-14(20-11)10(6-18-15)16(23)24/h3-7H,2H2,1H3,(H,18,19)(H,23,24). The number of aromatic carboxylic acids is 1. The Bertz CT molecular complexity index is 1100. The van der Waals surface area contributed by atoms with Gasteiger partial charge in [0.05, 0.1) is 11.7 Å². The number of hydrogen-bond acceptors (Lipinski definition) is 4. The highest BCUT2D eigenvalue weighted by molar-refractivity contribution is 6.31. The quantitative estimate of drug-likeness (QED) is 0.595. The molecule has 0 aliphatic carbocycles. The lowest BCUT2D eigenvalue weighted by Gasteiger charge is -1.98. The third-order valence-electron chi connectivity index (χ3n) is 3.87. The first-order chi connectivity index (χ1) is 11.6. The van der Waals surface area contributed by atoms with Gasteiger partial charge in [0.25, 0.3) is 0 Å². The highest BCUT2D eigenvalue weighted by Gasteiger charge is 2.17. The minimum Gasteiger partial charge on any atom is -0.478 e. The maximum atomic E-state index is 11.3. The minimum atomic E-state index is -1.05. The summed E-state index contributed by atoms with van der Waals surface area (Å²) in [5.41, 5.74) is 2.89. The van der Waals surface area contributed by atoms with E-state index >= 15 is 0 Å². The molecule has 8 heteroatoms. The van der Waals surface area contributed by atoms with E-state index in [9.17, 15) is 9.90 Å².